The van der Waals surface area contributed by atoms with Gasteiger partial charge in [-0.05, 0) is 35.6 Å². The zero-order valence-electron chi connectivity index (χ0n) is 12.3. The molecule has 0 aromatic heterocycles. The van der Waals surface area contributed by atoms with E-state index in [4.69, 9.17) is 0 Å². The van der Waals surface area contributed by atoms with Crippen molar-refractivity contribution in [1.82, 2.24) is 0 Å². The van der Waals surface area contributed by atoms with E-state index in [0.717, 1.165) is 5.69 Å². The molecular weight excluding hydrogens is 206 g/mol. The molecule has 0 heterocycles. The van der Waals surface area contributed by atoms with Crippen LogP contribution in [0.3, 0.4) is 0 Å². The number of rotatable bonds is 1. The maximum Gasteiger partial charge on any atom is 0.0697 e. The van der Waals surface area contributed by atoms with E-state index in [-0.39, 0.29) is 10.8 Å². The quantitative estimate of drug-likeness (QED) is 0.608. The van der Waals surface area contributed by atoms with Crippen molar-refractivity contribution in [2.45, 2.75) is 59.3 Å². The maximum absolute atomic E-state index is 4.29. The van der Waals surface area contributed by atoms with Crippen molar-refractivity contribution in [2.75, 3.05) is 0 Å². The Hall–Kier alpha value is -1.11. The first-order valence-electron chi connectivity index (χ1n) is 6.19. The summed E-state index contributed by atoms with van der Waals surface area (Å²) >= 11 is 0. The van der Waals surface area contributed by atoms with E-state index in [1.807, 2.05) is 0 Å². The highest BCUT2D eigenvalue weighted by Crippen LogP contribution is 2.40. The Kier molecular flexibility index (Phi) is 3.52. The molecule has 0 spiro atoms. The summed E-state index contributed by atoms with van der Waals surface area (Å²) in [6.07, 6.45) is 0. The molecule has 0 unspecified atom stereocenters. The molecule has 0 aliphatic heterocycles. The highest BCUT2D eigenvalue weighted by molar-refractivity contribution is 5.62. The van der Waals surface area contributed by atoms with Crippen molar-refractivity contribution in [3.63, 3.8) is 0 Å². The normalized spacial score (nSPS) is 12.6. The number of nitrogens with zero attached hydrogens (tertiary/aromatic N) is 1. The standard InChI is InChI=1S/C16H25N/c1-11-9-12(15(2,3)4)14(17-8)13(10-11)16(5,6)7/h9-10H,8H2,1-7H3. The first kappa shape index (κ1) is 14.0. The van der Waals surface area contributed by atoms with Gasteiger partial charge in [0.1, 0.15) is 0 Å². The van der Waals surface area contributed by atoms with E-state index in [0.29, 0.717) is 0 Å². The van der Waals surface area contributed by atoms with Gasteiger partial charge in [0.05, 0.1) is 5.69 Å². The van der Waals surface area contributed by atoms with Gasteiger partial charge >= 0.3 is 0 Å². The Morgan fingerprint density at radius 1 is 0.882 bits per heavy atom. The van der Waals surface area contributed by atoms with E-state index in [1.54, 1.807) is 0 Å². The topological polar surface area (TPSA) is 12.4 Å². The molecule has 0 N–H and O–H groups in total. The molecule has 1 aromatic carbocycles. The van der Waals surface area contributed by atoms with Crippen LogP contribution in [0.4, 0.5) is 5.69 Å². The summed E-state index contributed by atoms with van der Waals surface area (Å²) in [5.74, 6) is 0. The van der Waals surface area contributed by atoms with E-state index >= 15 is 0 Å². The summed E-state index contributed by atoms with van der Waals surface area (Å²) in [7, 11) is 0. The van der Waals surface area contributed by atoms with Crippen LogP contribution in [0, 0.1) is 6.92 Å². The van der Waals surface area contributed by atoms with Crippen LogP contribution >= 0.6 is 0 Å². The smallest absolute Gasteiger partial charge is 0.0697 e. The van der Waals surface area contributed by atoms with Crippen LogP contribution in [-0.4, -0.2) is 6.72 Å². The number of hydrogen-bond acceptors (Lipinski definition) is 1. The Morgan fingerprint density at radius 3 is 1.47 bits per heavy atom. The summed E-state index contributed by atoms with van der Waals surface area (Å²) < 4.78 is 0. The van der Waals surface area contributed by atoms with Gasteiger partial charge < -0.3 is 0 Å². The number of aliphatic imine (C=N–C) groups is 1. The minimum absolute atomic E-state index is 0.0997. The Bertz CT molecular complexity index is 393. The lowest BCUT2D eigenvalue weighted by molar-refractivity contribution is 0.570. The van der Waals surface area contributed by atoms with Gasteiger partial charge in [-0.25, -0.2) is 0 Å². The molecule has 0 atom stereocenters. The summed E-state index contributed by atoms with van der Waals surface area (Å²) in [4.78, 5) is 4.29. The molecular formula is C16H25N. The van der Waals surface area contributed by atoms with Gasteiger partial charge in [-0.15, -0.1) is 0 Å². The number of aryl methyl sites for hydroxylation is 1. The molecule has 0 amide bonds. The van der Waals surface area contributed by atoms with Crippen LogP contribution in [0.15, 0.2) is 17.1 Å². The Balaban J connectivity index is 3.64. The fraction of sp³-hybridized carbons (Fsp3) is 0.562. The molecule has 0 saturated heterocycles. The van der Waals surface area contributed by atoms with Crippen molar-refractivity contribution in [2.24, 2.45) is 4.99 Å². The third-order valence-corrected chi connectivity index (χ3v) is 3.03. The lowest BCUT2D eigenvalue weighted by Crippen LogP contribution is -2.17. The van der Waals surface area contributed by atoms with Crippen LogP contribution in [0.5, 0.6) is 0 Å². The zero-order valence-corrected chi connectivity index (χ0v) is 12.3. The van der Waals surface area contributed by atoms with Crippen LogP contribution in [0.25, 0.3) is 0 Å². The van der Waals surface area contributed by atoms with Gasteiger partial charge in [0.25, 0.3) is 0 Å². The van der Waals surface area contributed by atoms with Crippen molar-refractivity contribution in [1.29, 1.82) is 0 Å². The predicted molar refractivity (Wildman–Crippen MR) is 77.8 cm³/mol. The van der Waals surface area contributed by atoms with Crippen molar-refractivity contribution in [3.8, 4) is 0 Å². The van der Waals surface area contributed by atoms with Crippen LogP contribution in [0.1, 0.15) is 58.2 Å². The third-order valence-electron chi connectivity index (χ3n) is 3.03. The monoisotopic (exact) mass is 231 g/mol. The summed E-state index contributed by atoms with van der Waals surface area (Å²) in [6, 6.07) is 4.47. The molecule has 17 heavy (non-hydrogen) atoms. The van der Waals surface area contributed by atoms with E-state index in [9.17, 15) is 0 Å². The lowest BCUT2D eigenvalue weighted by atomic mass is 9.78. The second kappa shape index (κ2) is 4.29. The average Bonchev–Trinajstić information content (AvgIpc) is 2.13. The van der Waals surface area contributed by atoms with Crippen LogP contribution in [0.2, 0.25) is 0 Å². The van der Waals surface area contributed by atoms with Crippen molar-refractivity contribution >= 4 is 12.4 Å². The van der Waals surface area contributed by atoms with Gasteiger partial charge in [0, 0.05) is 0 Å². The van der Waals surface area contributed by atoms with Gasteiger partial charge in [-0.1, -0.05) is 59.2 Å². The lowest BCUT2D eigenvalue weighted by Gasteiger charge is -2.28. The SMILES string of the molecule is C=Nc1c(C(C)(C)C)cc(C)cc1C(C)(C)C. The van der Waals surface area contributed by atoms with E-state index < -0.39 is 0 Å². The molecule has 1 heteroatoms. The van der Waals surface area contributed by atoms with Gasteiger partial charge in [0.15, 0.2) is 0 Å². The fourth-order valence-corrected chi connectivity index (χ4v) is 2.09. The molecule has 0 fully saturated rings. The molecule has 0 radical (unpaired) electrons. The molecule has 0 aliphatic carbocycles. The zero-order chi connectivity index (χ0) is 13.4. The average molecular weight is 231 g/mol. The molecule has 1 rings (SSSR count). The number of benzene rings is 1. The first-order valence-corrected chi connectivity index (χ1v) is 6.19. The first-order chi connectivity index (χ1) is 7.57. The Morgan fingerprint density at radius 2 is 1.24 bits per heavy atom. The second-order valence-corrected chi connectivity index (χ2v) is 6.87. The van der Waals surface area contributed by atoms with Crippen LogP contribution < -0.4 is 0 Å². The van der Waals surface area contributed by atoms with Crippen LogP contribution in [-0.2, 0) is 10.8 Å². The maximum atomic E-state index is 4.29. The molecule has 0 saturated carbocycles. The summed E-state index contributed by atoms with van der Waals surface area (Å²) in [5, 5.41) is 0. The number of hydrogen-bond donors (Lipinski definition) is 0. The third kappa shape index (κ3) is 2.96. The van der Waals surface area contributed by atoms with E-state index in [2.05, 4.69) is 72.3 Å². The minimum Gasteiger partial charge on any atom is -0.264 e. The second-order valence-electron chi connectivity index (χ2n) is 6.87. The van der Waals surface area contributed by atoms with E-state index in [1.165, 1.54) is 16.7 Å². The summed E-state index contributed by atoms with van der Waals surface area (Å²) in [5.41, 5.74) is 5.14. The molecule has 1 aromatic rings. The fourth-order valence-electron chi connectivity index (χ4n) is 2.09. The predicted octanol–water partition coefficient (Wildman–Crippen LogP) is 4.92. The largest absolute Gasteiger partial charge is 0.264 e. The minimum atomic E-state index is 0.0997. The summed E-state index contributed by atoms with van der Waals surface area (Å²) in [6.45, 7) is 19.3. The molecule has 1 nitrogen and oxygen atoms in total. The van der Waals surface area contributed by atoms with Gasteiger partial charge in [-0.3, -0.25) is 4.99 Å². The van der Waals surface area contributed by atoms with Crippen molar-refractivity contribution in [3.05, 3.63) is 28.8 Å². The molecule has 94 valence electrons. The Labute approximate surface area is 106 Å². The van der Waals surface area contributed by atoms with Gasteiger partial charge in [0.2, 0.25) is 0 Å². The highest BCUT2D eigenvalue weighted by atomic mass is 14.7. The molecule has 0 aliphatic rings. The van der Waals surface area contributed by atoms with Gasteiger partial charge in [-0.2, -0.15) is 0 Å². The van der Waals surface area contributed by atoms with Crippen molar-refractivity contribution < 1.29 is 0 Å². The molecule has 0 bridgehead atoms. The highest BCUT2D eigenvalue weighted by Gasteiger charge is 2.25.